The van der Waals surface area contributed by atoms with E-state index in [9.17, 15) is 22.8 Å². The number of rotatable bonds is 7. The molecule has 1 aromatic heterocycles. The van der Waals surface area contributed by atoms with Gasteiger partial charge >= 0.3 is 12.1 Å². The number of alkyl halides is 3. The van der Waals surface area contributed by atoms with Crippen molar-refractivity contribution in [3.63, 3.8) is 0 Å². The average molecular weight is 451 g/mol. The van der Waals surface area contributed by atoms with Crippen LogP contribution in [0, 0.1) is 0 Å². The van der Waals surface area contributed by atoms with Gasteiger partial charge in [-0.1, -0.05) is 30.3 Å². The van der Waals surface area contributed by atoms with Gasteiger partial charge in [0.15, 0.2) is 6.61 Å². The molecular formula is C22H24F3N3O4. The van der Waals surface area contributed by atoms with Crippen molar-refractivity contribution in [1.29, 1.82) is 0 Å². The number of ether oxygens (including phenoxy) is 2. The molecule has 10 heteroatoms. The van der Waals surface area contributed by atoms with E-state index in [1.807, 2.05) is 35.2 Å². The molecule has 1 aromatic carbocycles. The number of amides is 1. The highest BCUT2D eigenvalue weighted by Crippen LogP contribution is 2.18. The molecule has 1 fully saturated rings. The number of hydrogen-bond donors (Lipinski definition) is 0. The highest BCUT2D eigenvalue weighted by Gasteiger charge is 2.29. The van der Waals surface area contributed by atoms with Gasteiger partial charge in [0.2, 0.25) is 5.88 Å². The van der Waals surface area contributed by atoms with Crippen LogP contribution in [0.15, 0.2) is 48.7 Å². The van der Waals surface area contributed by atoms with E-state index in [2.05, 4.69) is 9.72 Å². The van der Waals surface area contributed by atoms with Gasteiger partial charge in [0.05, 0.1) is 12.1 Å². The van der Waals surface area contributed by atoms with E-state index in [-0.39, 0.29) is 36.5 Å². The molecule has 32 heavy (non-hydrogen) atoms. The third-order valence-electron chi connectivity index (χ3n) is 4.84. The quantitative estimate of drug-likeness (QED) is 0.603. The maximum absolute atomic E-state index is 12.7. The number of carbonyl (C=O) groups is 2. The Morgan fingerprint density at radius 3 is 2.47 bits per heavy atom. The van der Waals surface area contributed by atoms with Gasteiger partial charge in [0.25, 0.3) is 5.91 Å². The van der Waals surface area contributed by atoms with Crippen LogP contribution in [0.25, 0.3) is 0 Å². The van der Waals surface area contributed by atoms with Crippen LogP contribution in [0.4, 0.5) is 13.2 Å². The zero-order chi connectivity index (χ0) is 23.0. The van der Waals surface area contributed by atoms with E-state index >= 15 is 0 Å². The highest BCUT2D eigenvalue weighted by atomic mass is 19.4. The summed E-state index contributed by atoms with van der Waals surface area (Å²) in [5, 5.41) is 0. The second-order valence-electron chi connectivity index (χ2n) is 7.36. The van der Waals surface area contributed by atoms with Crippen molar-refractivity contribution in [3.8, 4) is 5.88 Å². The number of benzene rings is 1. The van der Waals surface area contributed by atoms with Crippen LogP contribution < -0.4 is 4.74 Å². The number of aromatic nitrogens is 1. The first kappa shape index (κ1) is 23.5. The predicted octanol–water partition coefficient (Wildman–Crippen LogP) is 2.91. The summed E-state index contributed by atoms with van der Waals surface area (Å²) in [6, 6.07) is 12.0. The van der Waals surface area contributed by atoms with Crippen molar-refractivity contribution in [1.82, 2.24) is 14.8 Å². The monoisotopic (exact) mass is 451 g/mol. The average Bonchev–Trinajstić information content (AvgIpc) is 3.02. The SMILES string of the molecule is O=C(CN1CCCN(C(=O)c2ccc(OCC(F)(F)F)nc2)CC1)OCc1ccccc1. The first-order valence-electron chi connectivity index (χ1n) is 10.2. The lowest BCUT2D eigenvalue weighted by atomic mass is 10.2. The fourth-order valence-corrected chi connectivity index (χ4v) is 3.23. The molecule has 3 rings (SSSR count). The van der Waals surface area contributed by atoms with E-state index in [0.717, 1.165) is 5.56 Å². The smallest absolute Gasteiger partial charge is 0.422 e. The molecule has 172 valence electrons. The molecule has 0 N–H and O–H groups in total. The minimum Gasteiger partial charge on any atom is -0.468 e. The third-order valence-corrected chi connectivity index (χ3v) is 4.84. The summed E-state index contributed by atoms with van der Waals surface area (Å²) in [6.45, 7) is 0.982. The number of pyridine rings is 1. The highest BCUT2D eigenvalue weighted by molar-refractivity contribution is 5.94. The molecule has 7 nitrogen and oxygen atoms in total. The number of carbonyl (C=O) groups excluding carboxylic acids is 2. The number of hydrogen-bond acceptors (Lipinski definition) is 6. The molecule has 2 heterocycles. The largest absolute Gasteiger partial charge is 0.468 e. The zero-order valence-electron chi connectivity index (χ0n) is 17.4. The molecule has 2 aromatic rings. The van der Waals surface area contributed by atoms with Gasteiger partial charge in [0, 0.05) is 38.4 Å². The predicted molar refractivity (Wildman–Crippen MR) is 109 cm³/mol. The Morgan fingerprint density at radius 1 is 1.00 bits per heavy atom. The van der Waals surface area contributed by atoms with Gasteiger partial charge in [-0.3, -0.25) is 14.5 Å². The van der Waals surface area contributed by atoms with E-state index in [4.69, 9.17) is 4.74 Å². The lowest BCUT2D eigenvalue weighted by Gasteiger charge is -2.21. The second-order valence-corrected chi connectivity index (χ2v) is 7.36. The van der Waals surface area contributed by atoms with Gasteiger partial charge in [-0.25, -0.2) is 4.98 Å². The molecule has 1 amide bonds. The summed E-state index contributed by atoms with van der Waals surface area (Å²) in [5.41, 5.74) is 1.18. The summed E-state index contributed by atoms with van der Waals surface area (Å²) in [4.78, 5) is 32.2. The molecule has 0 aliphatic carbocycles. The summed E-state index contributed by atoms with van der Waals surface area (Å²) >= 11 is 0. The Labute approximate surface area is 183 Å². The Hall–Kier alpha value is -3.14. The van der Waals surface area contributed by atoms with Crippen LogP contribution in [0.5, 0.6) is 5.88 Å². The summed E-state index contributed by atoms with van der Waals surface area (Å²) in [7, 11) is 0. The Kier molecular flexibility index (Phi) is 8.04. The van der Waals surface area contributed by atoms with Crippen molar-refractivity contribution >= 4 is 11.9 Å². The molecule has 0 radical (unpaired) electrons. The maximum Gasteiger partial charge on any atom is 0.422 e. The molecule has 0 spiro atoms. The summed E-state index contributed by atoms with van der Waals surface area (Å²) < 4.78 is 46.5. The van der Waals surface area contributed by atoms with Crippen LogP contribution in [0.2, 0.25) is 0 Å². The lowest BCUT2D eigenvalue weighted by Crippen LogP contribution is -2.37. The third kappa shape index (κ3) is 7.52. The molecule has 0 saturated carbocycles. The van der Waals surface area contributed by atoms with E-state index in [0.29, 0.717) is 32.6 Å². The first-order valence-corrected chi connectivity index (χ1v) is 10.2. The van der Waals surface area contributed by atoms with Crippen LogP contribution in [0.1, 0.15) is 22.3 Å². The van der Waals surface area contributed by atoms with Crippen molar-refractivity contribution in [2.75, 3.05) is 39.3 Å². The van der Waals surface area contributed by atoms with Crippen molar-refractivity contribution in [2.24, 2.45) is 0 Å². The van der Waals surface area contributed by atoms with Gasteiger partial charge in [-0.2, -0.15) is 13.2 Å². The molecular weight excluding hydrogens is 427 g/mol. The van der Waals surface area contributed by atoms with Crippen molar-refractivity contribution in [2.45, 2.75) is 19.2 Å². The zero-order valence-corrected chi connectivity index (χ0v) is 17.4. The van der Waals surface area contributed by atoms with E-state index < -0.39 is 12.8 Å². The van der Waals surface area contributed by atoms with Crippen molar-refractivity contribution in [3.05, 3.63) is 59.8 Å². The van der Waals surface area contributed by atoms with Crippen LogP contribution in [-0.4, -0.2) is 72.2 Å². The standard InChI is InChI=1S/C22H24F3N3O4/c23-22(24,25)16-32-19-8-7-18(13-26-19)21(30)28-10-4-9-27(11-12-28)14-20(29)31-15-17-5-2-1-3-6-17/h1-3,5-8,13H,4,9-12,14-16H2. The fourth-order valence-electron chi connectivity index (χ4n) is 3.23. The minimum atomic E-state index is -4.46. The fraction of sp³-hybridized carbons (Fsp3) is 0.409. The van der Waals surface area contributed by atoms with Gasteiger partial charge in [-0.15, -0.1) is 0 Å². The Morgan fingerprint density at radius 2 is 1.78 bits per heavy atom. The molecule has 1 aliphatic heterocycles. The number of halogens is 3. The molecule has 0 unspecified atom stereocenters. The first-order chi connectivity index (χ1) is 15.3. The van der Waals surface area contributed by atoms with Crippen LogP contribution in [-0.2, 0) is 16.1 Å². The number of nitrogens with zero attached hydrogens (tertiary/aromatic N) is 3. The normalized spacial score (nSPS) is 15.2. The second kappa shape index (κ2) is 10.9. The van der Waals surface area contributed by atoms with E-state index in [1.165, 1.54) is 18.3 Å². The molecule has 0 atom stereocenters. The maximum atomic E-state index is 12.7. The van der Waals surface area contributed by atoms with Crippen molar-refractivity contribution < 1.29 is 32.2 Å². The van der Waals surface area contributed by atoms with Gasteiger partial charge < -0.3 is 14.4 Å². The topological polar surface area (TPSA) is 72.0 Å². The lowest BCUT2D eigenvalue weighted by molar-refractivity contribution is -0.154. The minimum absolute atomic E-state index is 0.141. The Bertz CT molecular complexity index is 892. The van der Waals surface area contributed by atoms with Gasteiger partial charge in [0.1, 0.15) is 6.61 Å². The van der Waals surface area contributed by atoms with Crippen LogP contribution in [0.3, 0.4) is 0 Å². The summed E-state index contributed by atoms with van der Waals surface area (Å²) in [6.07, 6.45) is -2.57. The van der Waals surface area contributed by atoms with Crippen LogP contribution >= 0.6 is 0 Å². The van der Waals surface area contributed by atoms with E-state index in [1.54, 1.807) is 4.90 Å². The van der Waals surface area contributed by atoms with Gasteiger partial charge in [-0.05, 0) is 18.1 Å². The summed E-state index contributed by atoms with van der Waals surface area (Å²) in [5.74, 6) is -0.796. The molecule has 0 bridgehead atoms. The Balaban J connectivity index is 1.45. The number of esters is 1. The molecule has 1 saturated heterocycles. The molecule has 1 aliphatic rings.